The van der Waals surface area contributed by atoms with Gasteiger partial charge in [0.05, 0.1) is 0 Å². The van der Waals surface area contributed by atoms with Gasteiger partial charge in [-0.05, 0) is 30.5 Å². The Morgan fingerprint density at radius 2 is 2.06 bits per heavy atom. The van der Waals surface area contributed by atoms with Crippen molar-refractivity contribution < 1.29 is 4.42 Å². The van der Waals surface area contributed by atoms with Crippen LogP contribution in [0.3, 0.4) is 0 Å². The number of nitrogens with zero attached hydrogens (tertiary/aromatic N) is 1. The zero-order valence-electron chi connectivity index (χ0n) is 10.9. The summed E-state index contributed by atoms with van der Waals surface area (Å²) in [4.78, 5) is 4.43. The fourth-order valence-corrected chi connectivity index (χ4v) is 3.21. The highest BCUT2D eigenvalue weighted by atomic mass is 16.3. The Hall–Kier alpha value is -1.35. The molecule has 1 heterocycles. The van der Waals surface area contributed by atoms with Crippen LogP contribution in [0.25, 0.3) is 11.1 Å². The van der Waals surface area contributed by atoms with Crippen molar-refractivity contribution >= 4 is 11.1 Å². The SMILES string of the molecule is Cc1nc2cc(C3(CN)CCCCC3)ccc2o1. The Morgan fingerprint density at radius 1 is 1.28 bits per heavy atom. The van der Waals surface area contributed by atoms with Gasteiger partial charge in [-0.3, -0.25) is 0 Å². The van der Waals surface area contributed by atoms with E-state index in [0.29, 0.717) is 0 Å². The molecule has 1 aromatic carbocycles. The normalized spacial score (nSPS) is 19.2. The standard InChI is InChI=1S/C15H20N2O/c1-11-17-13-9-12(5-6-14(13)18-11)15(10-16)7-3-2-4-8-15/h5-6,9H,2-4,7-8,10,16H2,1H3. The quantitative estimate of drug-likeness (QED) is 0.881. The molecule has 18 heavy (non-hydrogen) atoms. The summed E-state index contributed by atoms with van der Waals surface area (Å²) in [5.41, 5.74) is 9.42. The fourth-order valence-electron chi connectivity index (χ4n) is 3.21. The second kappa shape index (κ2) is 4.39. The number of benzene rings is 1. The van der Waals surface area contributed by atoms with Crippen molar-refractivity contribution in [2.75, 3.05) is 6.54 Å². The van der Waals surface area contributed by atoms with Crippen LogP contribution >= 0.6 is 0 Å². The first-order valence-electron chi connectivity index (χ1n) is 6.81. The molecule has 0 spiro atoms. The zero-order valence-corrected chi connectivity index (χ0v) is 10.9. The third kappa shape index (κ3) is 1.83. The number of fused-ring (bicyclic) bond motifs is 1. The number of nitrogens with two attached hydrogens (primary N) is 1. The van der Waals surface area contributed by atoms with Crippen LogP contribution in [-0.2, 0) is 5.41 Å². The molecule has 0 saturated heterocycles. The first kappa shape index (κ1) is 11.7. The van der Waals surface area contributed by atoms with Gasteiger partial charge in [0.2, 0.25) is 0 Å². The maximum atomic E-state index is 6.08. The van der Waals surface area contributed by atoms with Crippen LogP contribution in [0.15, 0.2) is 22.6 Å². The minimum Gasteiger partial charge on any atom is -0.441 e. The predicted octanol–water partition coefficient (Wildman–Crippen LogP) is 3.30. The Morgan fingerprint density at radius 3 is 2.78 bits per heavy atom. The zero-order chi connectivity index (χ0) is 12.6. The van der Waals surface area contributed by atoms with Crippen LogP contribution in [-0.4, -0.2) is 11.5 Å². The molecule has 0 aliphatic heterocycles. The van der Waals surface area contributed by atoms with E-state index in [4.69, 9.17) is 10.2 Å². The molecule has 1 aliphatic rings. The summed E-state index contributed by atoms with van der Waals surface area (Å²) in [6, 6.07) is 6.38. The highest BCUT2D eigenvalue weighted by molar-refractivity contribution is 5.73. The van der Waals surface area contributed by atoms with Crippen molar-refractivity contribution in [2.45, 2.75) is 44.4 Å². The van der Waals surface area contributed by atoms with Crippen molar-refractivity contribution in [3.8, 4) is 0 Å². The van der Waals surface area contributed by atoms with Gasteiger partial charge in [0.15, 0.2) is 11.5 Å². The van der Waals surface area contributed by atoms with Gasteiger partial charge in [0.25, 0.3) is 0 Å². The molecule has 0 radical (unpaired) electrons. The maximum Gasteiger partial charge on any atom is 0.192 e. The summed E-state index contributed by atoms with van der Waals surface area (Å²) >= 11 is 0. The van der Waals surface area contributed by atoms with E-state index in [9.17, 15) is 0 Å². The van der Waals surface area contributed by atoms with E-state index in [1.54, 1.807) is 0 Å². The van der Waals surface area contributed by atoms with Crippen LogP contribution in [0.2, 0.25) is 0 Å². The third-order valence-corrected chi connectivity index (χ3v) is 4.31. The van der Waals surface area contributed by atoms with Crippen molar-refractivity contribution in [2.24, 2.45) is 5.73 Å². The first-order chi connectivity index (χ1) is 8.73. The molecule has 1 fully saturated rings. The molecule has 0 amide bonds. The number of aromatic nitrogens is 1. The molecule has 3 nitrogen and oxygen atoms in total. The summed E-state index contributed by atoms with van der Waals surface area (Å²) in [5, 5.41) is 0. The molecule has 1 aliphatic carbocycles. The van der Waals surface area contributed by atoms with Crippen molar-refractivity contribution in [1.82, 2.24) is 4.98 Å². The van der Waals surface area contributed by atoms with E-state index < -0.39 is 0 Å². The molecule has 2 aromatic rings. The van der Waals surface area contributed by atoms with E-state index in [2.05, 4.69) is 17.1 Å². The van der Waals surface area contributed by atoms with Gasteiger partial charge < -0.3 is 10.2 Å². The fraction of sp³-hybridized carbons (Fsp3) is 0.533. The molecule has 96 valence electrons. The van der Waals surface area contributed by atoms with Crippen molar-refractivity contribution in [3.63, 3.8) is 0 Å². The number of rotatable bonds is 2. The van der Waals surface area contributed by atoms with E-state index in [-0.39, 0.29) is 5.41 Å². The molecule has 3 rings (SSSR count). The Labute approximate surface area is 107 Å². The number of hydrogen-bond acceptors (Lipinski definition) is 3. The van der Waals surface area contributed by atoms with E-state index >= 15 is 0 Å². The molecule has 0 atom stereocenters. The smallest absolute Gasteiger partial charge is 0.192 e. The monoisotopic (exact) mass is 244 g/mol. The van der Waals surface area contributed by atoms with Gasteiger partial charge in [0, 0.05) is 18.9 Å². The van der Waals surface area contributed by atoms with Gasteiger partial charge >= 0.3 is 0 Å². The highest BCUT2D eigenvalue weighted by Crippen LogP contribution is 2.39. The molecule has 1 saturated carbocycles. The van der Waals surface area contributed by atoms with E-state index in [1.807, 2.05) is 13.0 Å². The molecule has 3 heteroatoms. The number of hydrogen-bond donors (Lipinski definition) is 1. The maximum absolute atomic E-state index is 6.08. The highest BCUT2D eigenvalue weighted by Gasteiger charge is 2.32. The topological polar surface area (TPSA) is 52.0 Å². The van der Waals surface area contributed by atoms with Gasteiger partial charge in [-0.2, -0.15) is 0 Å². The lowest BCUT2D eigenvalue weighted by Crippen LogP contribution is -2.37. The molecule has 0 bridgehead atoms. The third-order valence-electron chi connectivity index (χ3n) is 4.31. The average molecular weight is 244 g/mol. The van der Waals surface area contributed by atoms with Crippen LogP contribution in [0, 0.1) is 6.92 Å². The second-order valence-electron chi connectivity index (χ2n) is 5.46. The van der Waals surface area contributed by atoms with Crippen LogP contribution in [0.1, 0.15) is 43.6 Å². The first-order valence-corrected chi connectivity index (χ1v) is 6.81. The summed E-state index contributed by atoms with van der Waals surface area (Å²) in [7, 11) is 0. The summed E-state index contributed by atoms with van der Waals surface area (Å²) in [5.74, 6) is 0.729. The van der Waals surface area contributed by atoms with Gasteiger partial charge in [-0.25, -0.2) is 4.98 Å². The minimum absolute atomic E-state index is 0.166. The van der Waals surface area contributed by atoms with Crippen LogP contribution < -0.4 is 5.73 Å². The Balaban J connectivity index is 2.05. The van der Waals surface area contributed by atoms with Crippen LogP contribution in [0.5, 0.6) is 0 Å². The lowest BCUT2D eigenvalue weighted by atomic mass is 9.69. The summed E-state index contributed by atoms with van der Waals surface area (Å²) in [6.07, 6.45) is 6.31. The largest absolute Gasteiger partial charge is 0.441 e. The van der Waals surface area contributed by atoms with Gasteiger partial charge in [0.1, 0.15) is 5.52 Å². The molecular weight excluding hydrogens is 224 g/mol. The lowest BCUT2D eigenvalue weighted by molar-refractivity contribution is 0.301. The molecule has 1 aromatic heterocycles. The summed E-state index contributed by atoms with van der Waals surface area (Å²) < 4.78 is 5.53. The minimum atomic E-state index is 0.166. The van der Waals surface area contributed by atoms with Gasteiger partial charge in [-0.15, -0.1) is 0 Å². The molecule has 0 unspecified atom stereocenters. The Kier molecular flexibility index (Phi) is 2.86. The molecular formula is C15H20N2O. The second-order valence-corrected chi connectivity index (χ2v) is 5.46. The number of oxazole rings is 1. The summed E-state index contributed by atoms with van der Waals surface area (Å²) in [6.45, 7) is 2.62. The van der Waals surface area contributed by atoms with Crippen molar-refractivity contribution in [1.29, 1.82) is 0 Å². The van der Waals surface area contributed by atoms with Crippen molar-refractivity contribution in [3.05, 3.63) is 29.7 Å². The number of aryl methyl sites for hydroxylation is 1. The van der Waals surface area contributed by atoms with E-state index in [0.717, 1.165) is 23.5 Å². The van der Waals surface area contributed by atoms with Gasteiger partial charge in [-0.1, -0.05) is 25.3 Å². The predicted molar refractivity (Wildman–Crippen MR) is 72.6 cm³/mol. The Bertz CT molecular complexity index is 553. The van der Waals surface area contributed by atoms with Crippen LogP contribution in [0.4, 0.5) is 0 Å². The van der Waals surface area contributed by atoms with E-state index in [1.165, 1.54) is 37.7 Å². The molecule has 2 N–H and O–H groups in total. The average Bonchev–Trinajstić information content (AvgIpc) is 2.78. The lowest BCUT2D eigenvalue weighted by Gasteiger charge is -2.36.